The molecule has 2 heterocycles. The molecule has 2 aromatic heterocycles. The molecule has 0 saturated carbocycles. The van der Waals surface area contributed by atoms with E-state index in [1.165, 1.54) is 70.8 Å². The third-order valence-electron chi connectivity index (χ3n) is 15.4. The van der Waals surface area contributed by atoms with Crippen LogP contribution >= 0.6 is 0 Å². The Hall–Kier alpha value is -9.96. The molecule has 3 heteroatoms. The maximum Gasteiger partial charge on any atom is 0.136 e. The van der Waals surface area contributed by atoms with Crippen molar-refractivity contribution in [1.82, 2.24) is 4.57 Å². The normalized spacial score (nSPS) is 11.7. The second kappa shape index (κ2) is 17.4. The molecule has 15 rings (SSSR count). The molecular weight excluding hydrogens is 909 g/mol. The summed E-state index contributed by atoms with van der Waals surface area (Å²) in [4.78, 5) is 2.39. The number of nitrogens with zero attached hydrogens (tertiary/aromatic N) is 2. The minimum atomic E-state index is 0.901. The largest absolute Gasteiger partial charge is 0.456 e. The third kappa shape index (κ3) is 7.20. The van der Waals surface area contributed by atoms with Gasteiger partial charge in [-0.1, -0.05) is 194 Å². The Morgan fingerprint density at radius 3 is 1.21 bits per heavy atom. The molecule has 3 nitrogen and oxygen atoms in total. The molecule has 0 radical (unpaired) electrons. The predicted molar refractivity (Wildman–Crippen MR) is 317 cm³/mol. The molecule has 0 bridgehead atoms. The minimum absolute atomic E-state index is 0.901. The summed E-state index contributed by atoms with van der Waals surface area (Å²) >= 11 is 0. The van der Waals surface area contributed by atoms with E-state index in [2.05, 4.69) is 276 Å². The zero-order valence-corrected chi connectivity index (χ0v) is 40.9. The van der Waals surface area contributed by atoms with Crippen LogP contribution in [-0.2, 0) is 0 Å². The highest BCUT2D eigenvalue weighted by molar-refractivity contribution is 6.26. The van der Waals surface area contributed by atoms with E-state index in [1.807, 2.05) is 12.1 Å². The quantitative estimate of drug-likeness (QED) is 0.142. The maximum atomic E-state index is 6.28. The number of anilines is 3. The summed E-state index contributed by atoms with van der Waals surface area (Å²) in [5, 5.41) is 12.3. The van der Waals surface area contributed by atoms with Gasteiger partial charge < -0.3 is 13.9 Å². The van der Waals surface area contributed by atoms with E-state index < -0.39 is 0 Å². The van der Waals surface area contributed by atoms with Crippen LogP contribution in [0.1, 0.15) is 0 Å². The van der Waals surface area contributed by atoms with Gasteiger partial charge in [-0.05, 0) is 162 Å². The Labute approximate surface area is 434 Å². The Morgan fingerprint density at radius 2 is 0.613 bits per heavy atom. The Kier molecular flexibility index (Phi) is 9.89. The van der Waals surface area contributed by atoms with E-state index >= 15 is 0 Å². The van der Waals surface area contributed by atoms with Crippen LogP contribution in [0, 0.1) is 0 Å². The molecule has 0 atom stereocenters. The smallest absolute Gasteiger partial charge is 0.136 e. The minimum Gasteiger partial charge on any atom is -0.456 e. The Morgan fingerprint density at radius 1 is 0.227 bits per heavy atom. The van der Waals surface area contributed by atoms with Crippen LogP contribution in [-0.4, -0.2) is 4.57 Å². The van der Waals surface area contributed by atoms with E-state index in [4.69, 9.17) is 4.42 Å². The standard InChI is InChI=1S/C72H46N2O/c1-2-19-61-59(17-1)60-18-3-4-20-62(60)68-46-58(40-42-63(61)68)73(56-38-33-50(34-39-56)51-13-11-14-52(43-51)54-35-41-67-66-23-7-10-26-71(66)75-72(67)45-54)55-36-31-48(32-37-55)47-27-29-49(30-28-47)53-15-12-16-57(44-53)74-69-24-8-5-21-64(69)65-22-6-9-25-70(65)74/h1-46H. The van der Waals surface area contributed by atoms with Crippen molar-refractivity contribution in [2.45, 2.75) is 0 Å². The van der Waals surface area contributed by atoms with E-state index in [0.29, 0.717) is 0 Å². The molecule has 15 aromatic rings. The van der Waals surface area contributed by atoms with Crippen LogP contribution in [0.3, 0.4) is 0 Å². The van der Waals surface area contributed by atoms with Gasteiger partial charge in [0, 0.05) is 44.3 Å². The van der Waals surface area contributed by atoms with Gasteiger partial charge >= 0.3 is 0 Å². The topological polar surface area (TPSA) is 21.3 Å². The Bertz CT molecular complexity index is 4610. The molecule has 0 unspecified atom stereocenters. The zero-order chi connectivity index (χ0) is 49.4. The van der Waals surface area contributed by atoms with Gasteiger partial charge in [0.2, 0.25) is 0 Å². The van der Waals surface area contributed by atoms with Crippen LogP contribution in [0.5, 0.6) is 0 Å². The van der Waals surface area contributed by atoms with Gasteiger partial charge in [-0.2, -0.15) is 0 Å². The summed E-state index contributed by atoms with van der Waals surface area (Å²) in [6.45, 7) is 0. The number of hydrogen-bond acceptors (Lipinski definition) is 2. The number of rotatable bonds is 8. The van der Waals surface area contributed by atoms with Crippen molar-refractivity contribution in [3.63, 3.8) is 0 Å². The van der Waals surface area contributed by atoms with Gasteiger partial charge in [0.25, 0.3) is 0 Å². The first-order valence-corrected chi connectivity index (χ1v) is 25.7. The SMILES string of the molecule is c1cc(-c2ccc(N(c3ccc(-c4ccc(-c5cccc(-n6c7ccccc7c7ccccc76)c5)cc4)cc3)c3ccc4c5ccccc5c5ccccc5c4c3)cc2)cc(-c2ccc3c(c2)oc2ccccc23)c1. The summed E-state index contributed by atoms with van der Waals surface area (Å²) in [5.74, 6) is 0. The first kappa shape index (κ1) is 42.7. The molecule has 0 spiro atoms. The van der Waals surface area contributed by atoms with Crippen molar-refractivity contribution in [2.24, 2.45) is 0 Å². The molecule has 0 aliphatic carbocycles. The van der Waals surface area contributed by atoms with Gasteiger partial charge in [-0.3, -0.25) is 0 Å². The monoisotopic (exact) mass is 954 g/mol. The zero-order valence-electron chi connectivity index (χ0n) is 40.9. The summed E-state index contributed by atoms with van der Waals surface area (Å²) in [5.41, 5.74) is 17.9. The van der Waals surface area contributed by atoms with Crippen molar-refractivity contribution >= 4 is 93.1 Å². The first-order chi connectivity index (χ1) is 37.2. The maximum absolute atomic E-state index is 6.28. The first-order valence-electron chi connectivity index (χ1n) is 25.7. The number of hydrogen-bond donors (Lipinski definition) is 0. The molecule has 13 aromatic carbocycles. The predicted octanol–water partition coefficient (Wildman–Crippen LogP) is 20.3. The van der Waals surface area contributed by atoms with Crippen LogP contribution < -0.4 is 4.90 Å². The molecule has 0 fully saturated rings. The molecular formula is C72H46N2O. The molecule has 0 N–H and O–H groups in total. The van der Waals surface area contributed by atoms with Crippen LogP contribution in [0.15, 0.2) is 283 Å². The second-order valence-corrected chi connectivity index (χ2v) is 19.6. The van der Waals surface area contributed by atoms with Crippen LogP contribution in [0.25, 0.3) is 126 Å². The lowest BCUT2D eigenvalue weighted by atomic mass is 9.94. The average molecular weight is 955 g/mol. The fraction of sp³-hybridized carbons (Fsp3) is 0. The van der Waals surface area contributed by atoms with E-state index in [-0.39, 0.29) is 0 Å². The van der Waals surface area contributed by atoms with Crippen molar-refractivity contribution in [3.05, 3.63) is 279 Å². The molecule has 75 heavy (non-hydrogen) atoms. The number of furan rings is 1. The van der Waals surface area contributed by atoms with E-state index in [1.54, 1.807) is 0 Å². The van der Waals surface area contributed by atoms with Gasteiger partial charge in [-0.25, -0.2) is 0 Å². The van der Waals surface area contributed by atoms with Crippen molar-refractivity contribution in [1.29, 1.82) is 0 Å². The molecule has 0 aliphatic heterocycles. The van der Waals surface area contributed by atoms with Crippen LogP contribution in [0.4, 0.5) is 17.1 Å². The van der Waals surface area contributed by atoms with Gasteiger partial charge in [0.15, 0.2) is 0 Å². The van der Waals surface area contributed by atoms with E-state index in [0.717, 1.165) is 72.5 Å². The fourth-order valence-corrected chi connectivity index (χ4v) is 11.8. The number of fused-ring (bicyclic) bond motifs is 12. The molecule has 350 valence electrons. The van der Waals surface area contributed by atoms with Crippen molar-refractivity contribution < 1.29 is 4.42 Å². The van der Waals surface area contributed by atoms with E-state index in [9.17, 15) is 0 Å². The molecule has 0 saturated heterocycles. The number of para-hydroxylation sites is 3. The second-order valence-electron chi connectivity index (χ2n) is 19.6. The summed E-state index contributed by atoms with van der Waals surface area (Å²) < 4.78 is 8.66. The third-order valence-corrected chi connectivity index (χ3v) is 15.4. The summed E-state index contributed by atoms with van der Waals surface area (Å²) in [6.07, 6.45) is 0. The number of benzene rings is 13. The van der Waals surface area contributed by atoms with Crippen molar-refractivity contribution in [3.8, 4) is 50.2 Å². The Balaban J connectivity index is 0.779. The van der Waals surface area contributed by atoms with Gasteiger partial charge in [-0.15, -0.1) is 0 Å². The van der Waals surface area contributed by atoms with Gasteiger partial charge in [0.1, 0.15) is 11.2 Å². The highest BCUT2D eigenvalue weighted by Crippen LogP contribution is 2.43. The number of aromatic nitrogens is 1. The average Bonchev–Trinajstić information content (AvgIpc) is 4.05. The highest BCUT2D eigenvalue weighted by atomic mass is 16.3. The lowest BCUT2D eigenvalue weighted by molar-refractivity contribution is 0.669. The lowest BCUT2D eigenvalue weighted by Gasteiger charge is -2.27. The van der Waals surface area contributed by atoms with Crippen LogP contribution in [0.2, 0.25) is 0 Å². The summed E-state index contributed by atoms with van der Waals surface area (Å²) in [7, 11) is 0. The fourth-order valence-electron chi connectivity index (χ4n) is 11.8. The molecule has 0 aliphatic rings. The summed E-state index contributed by atoms with van der Waals surface area (Å²) in [6, 6.07) is 102. The van der Waals surface area contributed by atoms with Gasteiger partial charge in [0.05, 0.1) is 11.0 Å². The lowest BCUT2D eigenvalue weighted by Crippen LogP contribution is -2.10. The molecule has 0 amide bonds. The highest BCUT2D eigenvalue weighted by Gasteiger charge is 2.18. The van der Waals surface area contributed by atoms with Crippen molar-refractivity contribution in [2.75, 3.05) is 4.90 Å².